The van der Waals surface area contributed by atoms with Crippen LogP contribution in [0, 0.1) is 0 Å². The van der Waals surface area contributed by atoms with E-state index in [4.69, 9.17) is 11.6 Å². The molecule has 2 aliphatic heterocycles. The van der Waals surface area contributed by atoms with E-state index in [1.807, 2.05) is 6.07 Å². The normalized spacial score (nSPS) is 27.2. The van der Waals surface area contributed by atoms with Gasteiger partial charge in [-0.2, -0.15) is 4.39 Å². The molecule has 1 aromatic rings. The molecule has 0 bridgehead atoms. The summed E-state index contributed by atoms with van der Waals surface area (Å²) in [5, 5.41) is 2.79. The van der Waals surface area contributed by atoms with Crippen molar-refractivity contribution < 1.29 is 9.18 Å². The zero-order valence-electron chi connectivity index (χ0n) is 17.9. The molecule has 31 heavy (non-hydrogen) atoms. The summed E-state index contributed by atoms with van der Waals surface area (Å²) in [5.41, 5.74) is 1.28. The average molecular weight is 450 g/mol. The molecule has 1 saturated heterocycles. The second-order valence-corrected chi connectivity index (χ2v) is 8.89. The highest BCUT2D eigenvalue weighted by atomic mass is 35.5. The van der Waals surface area contributed by atoms with E-state index >= 15 is 0 Å². The lowest BCUT2D eigenvalue weighted by atomic mass is 10.0. The minimum atomic E-state index is -0.621. The van der Waals surface area contributed by atoms with Gasteiger partial charge in [-0.05, 0) is 37.5 Å². The first kappa shape index (κ1) is 21.9. The molecule has 168 valence electrons. The number of carbonyl (C=O) groups is 1. The summed E-state index contributed by atoms with van der Waals surface area (Å²) < 4.78 is 15.0. The molecule has 2 N–H and O–H groups in total. The van der Waals surface area contributed by atoms with E-state index in [1.54, 1.807) is 32.3 Å². The maximum Gasteiger partial charge on any atom is 0.266 e. The first-order chi connectivity index (χ1) is 14.9. The van der Waals surface area contributed by atoms with Gasteiger partial charge < -0.3 is 20.1 Å². The molecule has 4 rings (SSSR count). The number of aromatic nitrogens is 1. The maximum atomic E-state index is 15.0. The summed E-state index contributed by atoms with van der Waals surface area (Å²) in [5.74, 6) is -0.252. The number of carbonyl (C=O) groups excluding carboxylic acids is 1. The van der Waals surface area contributed by atoms with Crippen LogP contribution in [-0.4, -0.2) is 77.9 Å². The summed E-state index contributed by atoms with van der Waals surface area (Å²) in [6.07, 6.45) is 6.61. The fourth-order valence-corrected chi connectivity index (χ4v) is 5.05. The van der Waals surface area contributed by atoms with Crippen LogP contribution in [0.3, 0.4) is 0 Å². The Morgan fingerprint density at radius 1 is 1.23 bits per heavy atom. The molecule has 3 atom stereocenters. The number of hydrogen-bond donors (Lipinski definition) is 2. The molecule has 0 radical (unpaired) electrons. The lowest BCUT2D eigenvalue weighted by molar-refractivity contribution is -0.123. The van der Waals surface area contributed by atoms with Gasteiger partial charge in [0.05, 0.1) is 5.70 Å². The van der Waals surface area contributed by atoms with Gasteiger partial charge in [0.1, 0.15) is 11.1 Å². The predicted molar refractivity (Wildman–Crippen MR) is 118 cm³/mol. The number of likely N-dealkylation sites (N-methyl/N-ethyl adjacent to an activating group) is 2. The van der Waals surface area contributed by atoms with Gasteiger partial charge in [0.2, 0.25) is 11.9 Å². The van der Waals surface area contributed by atoms with E-state index in [1.165, 1.54) is 4.90 Å². The number of rotatable bonds is 4. The van der Waals surface area contributed by atoms with Gasteiger partial charge in [-0.3, -0.25) is 14.5 Å². The Morgan fingerprint density at radius 3 is 2.65 bits per heavy atom. The lowest BCUT2D eigenvalue weighted by Crippen LogP contribution is -2.50. The Balaban J connectivity index is 1.35. The van der Waals surface area contributed by atoms with E-state index in [0.29, 0.717) is 17.7 Å². The molecule has 1 aromatic heterocycles. The maximum absolute atomic E-state index is 15.0. The summed E-state index contributed by atoms with van der Waals surface area (Å²) in [4.78, 5) is 32.6. The monoisotopic (exact) mass is 449 g/mol. The van der Waals surface area contributed by atoms with Crippen molar-refractivity contribution in [1.29, 1.82) is 0 Å². The van der Waals surface area contributed by atoms with Crippen LogP contribution in [0.15, 0.2) is 40.7 Å². The standard InChI is InChI=1S/C22H29ClFN5O2/c1-25-22(31)19-8-7-18(20(24)27(19)2)29-11-9-28(10-12-29)15-4-3-14(13-15)17-6-5-16(23)21(30)26-17/h5-8,14-15,19H,3-4,9-13H2,1-2H3,(H,25,31)(H,26,30)/t14-,15+,19?/m1/s1. The molecule has 9 heteroatoms. The fourth-order valence-electron chi connectivity index (χ4n) is 4.94. The SMILES string of the molecule is CNC(=O)C1C=CC(N2CCN([C@H]3CC[C@@H](c4ccc(Cl)c(=O)[nH]4)C3)CC2)=C(F)N1C. The zero-order valence-corrected chi connectivity index (χ0v) is 18.7. The summed E-state index contributed by atoms with van der Waals surface area (Å²) in [7, 11) is 3.16. The number of hydrogen-bond acceptors (Lipinski definition) is 5. The average Bonchev–Trinajstić information content (AvgIpc) is 3.27. The number of halogens is 2. The number of allylic oxidation sites excluding steroid dienone is 1. The number of H-pyrrole nitrogens is 1. The van der Waals surface area contributed by atoms with Gasteiger partial charge in [-0.1, -0.05) is 17.7 Å². The van der Waals surface area contributed by atoms with E-state index in [-0.39, 0.29) is 22.4 Å². The molecule has 3 aliphatic rings. The van der Waals surface area contributed by atoms with Crippen LogP contribution < -0.4 is 10.9 Å². The van der Waals surface area contributed by atoms with Crippen LogP contribution in [0.4, 0.5) is 4.39 Å². The van der Waals surface area contributed by atoms with Crippen LogP contribution >= 0.6 is 11.6 Å². The third kappa shape index (κ3) is 4.36. The van der Waals surface area contributed by atoms with Crippen molar-refractivity contribution in [1.82, 2.24) is 25.0 Å². The quantitative estimate of drug-likeness (QED) is 0.688. The van der Waals surface area contributed by atoms with Gasteiger partial charge >= 0.3 is 0 Å². The molecule has 1 saturated carbocycles. The van der Waals surface area contributed by atoms with Crippen molar-refractivity contribution in [3.05, 3.63) is 57.0 Å². The second kappa shape index (κ2) is 9.04. The van der Waals surface area contributed by atoms with Crippen molar-refractivity contribution in [2.75, 3.05) is 40.3 Å². The number of aromatic amines is 1. The van der Waals surface area contributed by atoms with Crippen molar-refractivity contribution in [3.63, 3.8) is 0 Å². The summed E-state index contributed by atoms with van der Waals surface area (Å²) >= 11 is 5.85. The molecule has 1 unspecified atom stereocenters. The zero-order chi connectivity index (χ0) is 22.1. The lowest BCUT2D eigenvalue weighted by Gasteiger charge is -2.41. The molecule has 3 heterocycles. The van der Waals surface area contributed by atoms with E-state index in [0.717, 1.165) is 51.1 Å². The van der Waals surface area contributed by atoms with Gasteiger partial charge in [-0.25, -0.2) is 0 Å². The van der Waals surface area contributed by atoms with Gasteiger partial charge in [0, 0.05) is 57.9 Å². The van der Waals surface area contributed by atoms with Crippen LogP contribution in [0.5, 0.6) is 0 Å². The third-order valence-electron chi connectivity index (χ3n) is 6.79. The molecule has 1 amide bonds. The smallest absolute Gasteiger partial charge is 0.266 e. The predicted octanol–water partition coefficient (Wildman–Crippen LogP) is 2.04. The minimum absolute atomic E-state index is 0.222. The highest BCUT2D eigenvalue weighted by Crippen LogP contribution is 2.36. The van der Waals surface area contributed by atoms with Crippen molar-refractivity contribution in [3.8, 4) is 0 Å². The van der Waals surface area contributed by atoms with Gasteiger partial charge in [0.15, 0.2) is 0 Å². The molecular weight excluding hydrogens is 421 g/mol. The van der Waals surface area contributed by atoms with Gasteiger partial charge in [-0.15, -0.1) is 0 Å². The van der Waals surface area contributed by atoms with Crippen LogP contribution in [0.1, 0.15) is 30.9 Å². The molecular formula is C22H29ClFN5O2. The Hall–Kier alpha value is -2.32. The van der Waals surface area contributed by atoms with E-state index in [2.05, 4.69) is 20.1 Å². The number of pyridine rings is 1. The molecule has 7 nitrogen and oxygen atoms in total. The van der Waals surface area contributed by atoms with Gasteiger partial charge in [0.25, 0.3) is 5.56 Å². The highest BCUT2D eigenvalue weighted by molar-refractivity contribution is 6.30. The number of nitrogens with one attached hydrogen (secondary N) is 2. The van der Waals surface area contributed by atoms with E-state index in [9.17, 15) is 14.0 Å². The van der Waals surface area contributed by atoms with E-state index < -0.39 is 6.04 Å². The van der Waals surface area contributed by atoms with Crippen LogP contribution in [-0.2, 0) is 4.79 Å². The van der Waals surface area contributed by atoms with Crippen molar-refractivity contribution in [2.45, 2.75) is 37.3 Å². The summed E-state index contributed by atoms with van der Waals surface area (Å²) in [6.45, 7) is 3.21. The van der Waals surface area contributed by atoms with Crippen molar-refractivity contribution >= 4 is 17.5 Å². The highest BCUT2D eigenvalue weighted by Gasteiger charge is 2.34. The number of amides is 1. The minimum Gasteiger partial charge on any atom is -0.365 e. The fraction of sp³-hybridized carbons (Fsp3) is 0.545. The number of nitrogens with zero attached hydrogens (tertiary/aromatic N) is 3. The van der Waals surface area contributed by atoms with Crippen LogP contribution in [0.25, 0.3) is 0 Å². The number of piperazine rings is 1. The Labute approximate surface area is 186 Å². The second-order valence-electron chi connectivity index (χ2n) is 8.48. The molecule has 0 spiro atoms. The molecule has 0 aromatic carbocycles. The topological polar surface area (TPSA) is 71.7 Å². The van der Waals surface area contributed by atoms with Crippen molar-refractivity contribution in [2.24, 2.45) is 0 Å². The Bertz CT molecular complexity index is 953. The Kier molecular flexibility index (Phi) is 6.39. The summed E-state index contributed by atoms with van der Waals surface area (Å²) in [6, 6.07) is 3.44. The first-order valence-electron chi connectivity index (χ1n) is 10.8. The Morgan fingerprint density at radius 2 is 1.97 bits per heavy atom. The molecule has 1 aliphatic carbocycles. The largest absolute Gasteiger partial charge is 0.365 e. The van der Waals surface area contributed by atoms with Crippen LogP contribution in [0.2, 0.25) is 5.02 Å². The molecule has 2 fully saturated rings. The first-order valence-corrected chi connectivity index (χ1v) is 11.2. The third-order valence-corrected chi connectivity index (χ3v) is 7.09.